The van der Waals surface area contributed by atoms with Crippen LogP contribution in [0.15, 0.2) is 30.3 Å². The normalized spacial score (nSPS) is 15.5. The van der Waals surface area contributed by atoms with Crippen LogP contribution in [0.25, 0.3) is 6.08 Å². The summed E-state index contributed by atoms with van der Waals surface area (Å²) in [6, 6.07) is 4.94. The zero-order valence-electron chi connectivity index (χ0n) is 10.9. The van der Waals surface area contributed by atoms with Crippen LogP contribution in [-0.2, 0) is 0 Å². The van der Waals surface area contributed by atoms with Gasteiger partial charge >= 0.3 is 6.18 Å². The van der Waals surface area contributed by atoms with E-state index in [9.17, 15) is 13.2 Å². The maximum absolute atomic E-state index is 12.2. The standard InChI is InChI=1S/C14H18F3NO/c1-3-10(2)19-12-6-4-5-11(9-12)7-8-13(18)14(15,16)17/h4-10,13H,3,18H2,1-2H3/t10?,13-/m0/s1. The van der Waals surface area contributed by atoms with E-state index >= 15 is 0 Å². The van der Waals surface area contributed by atoms with Crippen LogP contribution in [0, 0.1) is 0 Å². The third-order valence-corrected chi connectivity index (χ3v) is 2.64. The van der Waals surface area contributed by atoms with E-state index in [0.29, 0.717) is 11.3 Å². The molecule has 0 aliphatic carbocycles. The number of rotatable bonds is 5. The fourth-order valence-electron chi connectivity index (χ4n) is 1.33. The van der Waals surface area contributed by atoms with Crippen LogP contribution in [0.2, 0.25) is 0 Å². The van der Waals surface area contributed by atoms with Crippen molar-refractivity contribution in [1.82, 2.24) is 0 Å². The number of nitrogens with two attached hydrogens (primary N) is 1. The summed E-state index contributed by atoms with van der Waals surface area (Å²) < 4.78 is 42.3. The summed E-state index contributed by atoms with van der Waals surface area (Å²) in [4.78, 5) is 0. The lowest BCUT2D eigenvalue weighted by atomic mass is 10.1. The Morgan fingerprint density at radius 1 is 1.37 bits per heavy atom. The van der Waals surface area contributed by atoms with Crippen molar-refractivity contribution in [2.24, 2.45) is 5.73 Å². The van der Waals surface area contributed by atoms with Gasteiger partial charge in [-0.3, -0.25) is 0 Å². The Kier molecular flexibility index (Phi) is 5.42. The molecule has 106 valence electrons. The largest absolute Gasteiger partial charge is 0.491 e. The van der Waals surface area contributed by atoms with Crippen LogP contribution in [0.5, 0.6) is 5.75 Å². The SMILES string of the molecule is CCC(C)Oc1cccc(C=C[C@H](N)C(F)(F)F)c1. The van der Waals surface area contributed by atoms with Gasteiger partial charge in [0.25, 0.3) is 0 Å². The van der Waals surface area contributed by atoms with Gasteiger partial charge in [-0.1, -0.05) is 31.2 Å². The van der Waals surface area contributed by atoms with E-state index in [0.717, 1.165) is 12.5 Å². The molecule has 1 rings (SSSR count). The van der Waals surface area contributed by atoms with Gasteiger partial charge in [0.05, 0.1) is 6.10 Å². The summed E-state index contributed by atoms with van der Waals surface area (Å²) in [6.45, 7) is 3.93. The molecule has 0 saturated heterocycles. The number of hydrogen-bond donors (Lipinski definition) is 1. The van der Waals surface area contributed by atoms with Gasteiger partial charge in [0, 0.05) is 0 Å². The first-order chi connectivity index (χ1) is 8.82. The van der Waals surface area contributed by atoms with Crippen molar-refractivity contribution in [3.8, 4) is 5.75 Å². The third-order valence-electron chi connectivity index (χ3n) is 2.64. The Bertz CT molecular complexity index is 429. The van der Waals surface area contributed by atoms with Crippen molar-refractivity contribution in [3.63, 3.8) is 0 Å². The highest BCUT2D eigenvalue weighted by molar-refractivity contribution is 5.52. The predicted octanol–water partition coefficient (Wildman–Crippen LogP) is 3.77. The van der Waals surface area contributed by atoms with E-state index in [1.54, 1.807) is 24.3 Å². The minimum Gasteiger partial charge on any atom is -0.491 e. The van der Waals surface area contributed by atoms with Gasteiger partial charge in [0.15, 0.2) is 0 Å². The molecule has 1 aromatic carbocycles. The minimum absolute atomic E-state index is 0.0664. The molecule has 0 aromatic heterocycles. The molecule has 5 heteroatoms. The Morgan fingerprint density at radius 2 is 2.05 bits per heavy atom. The molecule has 0 saturated carbocycles. The van der Waals surface area contributed by atoms with Gasteiger partial charge in [-0.25, -0.2) is 0 Å². The molecule has 1 unspecified atom stereocenters. The minimum atomic E-state index is -4.42. The smallest absolute Gasteiger partial charge is 0.407 e. The molecule has 1 aromatic rings. The Labute approximate surface area is 111 Å². The first-order valence-electron chi connectivity index (χ1n) is 6.10. The number of halogens is 3. The Hall–Kier alpha value is -1.49. The molecular weight excluding hydrogens is 255 g/mol. The highest BCUT2D eigenvalue weighted by Crippen LogP contribution is 2.21. The zero-order valence-corrected chi connectivity index (χ0v) is 10.9. The summed E-state index contributed by atoms with van der Waals surface area (Å²) in [5, 5.41) is 0. The molecule has 0 heterocycles. The number of hydrogen-bond acceptors (Lipinski definition) is 2. The topological polar surface area (TPSA) is 35.2 Å². The highest BCUT2D eigenvalue weighted by Gasteiger charge is 2.34. The van der Waals surface area contributed by atoms with Crippen LogP contribution in [0.3, 0.4) is 0 Å². The van der Waals surface area contributed by atoms with E-state index in [1.165, 1.54) is 6.08 Å². The van der Waals surface area contributed by atoms with Gasteiger partial charge in [0.1, 0.15) is 11.8 Å². The number of alkyl halides is 3. The molecular formula is C14H18F3NO. The van der Waals surface area contributed by atoms with Gasteiger partial charge in [-0.05, 0) is 31.0 Å². The summed E-state index contributed by atoms with van der Waals surface area (Å²) >= 11 is 0. The fourth-order valence-corrected chi connectivity index (χ4v) is 1.33. The zero-order chi connectivity index (χ0) is 14.5. The molecule has 2 N–H and O–H groups in total. The first-order valence-corrected chi connectivity index (χ1v) is 6.10. The Morgan fingerprint density at radius 3 is 2.63 bits per heavy atom. The first kappa shape index (κ1) is 15.6. The van der Waals surface area contributed by atoms with Crippen molar-refractivity contribution in [2.45, 2.75) is 38.6 Å². The third kappa shape index (κ3) is 5.34. The molecule has 0 spiro atoms. The van der Waals surface area contributed by atoms with Crippen molar-refractivity contribution in [1.29, 1.82) is 0 Å². The second-order valence-electron chi connectivity index (χ2n) is 4.34. The molecule has 2 atom stereocenters. The van der Waals surface area contributed by atoms with Gasteiger partial charge in [-0.15, -0.1) is 0 Å². The molecule has 0 aliphatic rings. The van der Waals surface area contributed by atoms with Crippen molar-refractivity contribution in [3.05, 3.63) is 35.9 Å². The van der Waals surface area contributed by atoms with E-state index in [1.807, 2.05) is 13.8 Å². The summed E-state index contributed by atoms with van der Waals surface area (Å²) in [6.07, 6.45) is -1.21. The van der Waals surface area contributed by atoms with Crippen LogP contribution < -0.4 is 10.5 Å². The van der Waals surface area contributed by atoms with Crippen LogP contribution in [0.4, 0.5) is 13.2 Å². The van der Waals surface area contributed by atoms with Gasteiger partial charge < -0.3 is 10.5 Å². The van der Waals surface area contributed by atoms with Crippen LogP contribution in [-0.4, -0.2) is 18.3 Å². The molecule has 19 heavy (non-hydrogen) atoms. The molecule has 0 aliphatic heterocycles. The quantitative estimate of drug-likeness (QED) is 0.886. The lowest BCUT2D eigenvalue weighted by molar-refractivity contribution is -0.136. The van der Waals surface area contributed by atoms with Crippen molar-refractivity contribution in [2.75, 3.05) is 0 Å². The van der Waals surface area contributed by atoms with E-state index < -0.39 is 12.2 Å². The average molecular weight is 273 g/mol. The van der Waals surface area contributed by atoms with Gasteiger partial charge in [-0.2, -0.15) is 13.2 Å². The molecule has 0 fully saturated rings. The second kappa shape index (κ2) is 6.61. The molecule has 0 radical (unpaired) electrons. The summed E-state index contributed by atoms with van der Waals surface area (Å²) in [5.41, 5.74) is 5.62. The molecule has 0 bridgehead atoms. The second-order valence-corrected chi connectivity index (χ2v) is 4.34. The number of ether oxygens (including phenoxy) is 1. The van der Waals surface area contributed by atoms with E-state index in [4.69, 9.17) is 10.5 Å². The molecule has 0 amide bonds. The summed E-state index contributed by atoms with van der Waals surface area (Å²) in [7, 11) is 0. The molecule has 2 nitrogen and oxygen atoms in total. The lowest BCUT2D eigenvalue weighted by Crippen LogP contribution is -2.35. The lowest BCUT2D eigenvalue weighted by Gasteiger charge is -2.13. The van der Waals surface area contributed by atoms with Gasteiger partial charge in [0.2, 0.25) is 0 Å². The fraction of sp³-hybridized carbons (Fsp3) is 0.429. The van der Waals surface area contributed by atoms with E-state index in [2.05, 4.69) is 0 Å². The maximum Gasteiger partial charge on any atom is 0.407 e. The average Bonchev–Trinajstić information content (AvgIpc) is 2.35. The van der Waals surface area contributed by atoms with Crippen molar-refractivity contribution >= 4 is 6.08 Å². The van der Waals surface area contributed by atoms with Crippen LogP contribution in [0.1, 0.15) is 25.8 Å². The Balaban J connectivity index is 2.74. The monoisotopic (exact) mass is 273 g/mol. The van der Waals surface area contributed by atoms with Crippen LogP contribution >= 0.6 is 0 Å². The van der Waals surface area contributed by atoms with E-state index in [-0.39, 0.29) is 6.10 Å². The highest BCUT2D eigenvalue weighted by atomic mass is 19.4. The number of benzene rings is 1. The predicted molar refractivity (Wildman–Crippen MR) is 69.9 cm³/mol. The maximum atomic E-state index is 12.2. The van der Waals surface area contributed by atoms with Crippen molar-refractivity contribution < 1.29 is 17.9 Å². The summed E-state index contributed by atoms with van der Waals surface area (Å²) in [5.74, 6) is 0.636.